The molecule has 0 saturated carbocycles. The van der Waals surface area contributed by atoms with E-state index < -0.39 is 0 Å². The van der Waals surface area contributed by atoms with Crippen LogP contribution in [-0.2, 0) is 10.2 Å². The molecule has 0 spiro atoms. The number of piperidine rings is 1. The van der Waals surface area contributed by atoms with E-state index in [0.717, 1.165) is 49.5 Å². The lowest BCUT2D eigenvalue weighted by Gasteiger charge is -2.35. The Balaban J connectivity index is 1.92. The van der Waals surface area contributed by atoms with E-state index in [1.165, 1.54) is 5.56 Å². The molecule has 1 N–H and O–H groups in total. The summed E-state index contributed by atoms with van der Waals surface area (Å²) in [4.78, 5) is 6.82. The number of benzene rings is 1. The molecular weight excluding hydrogens is 366 g/mol. The second kappa shape index (κ2) is 8.86. The normalized spacial score (nSPS) is 17.2. The van der Waals surface area contributed by atoms with Gasteiger partial charge in [0.25, 0.3) is 0 Å². The minimum atomic E-state index is 0.0311. The lowest BCUT2D eigenvalue weighted by atomic mass is 9.84. The maximum Gasteiger partial charge on any atom is 0.193 e. The third kappa shape index (κ3) is 5.21. The van der Waals surface area contributed by atoms with Gasteiger partial charge in [0.15, 0.2) is 5.96 Å². The highest BCUT2D eigenvalue weighted by Gasteiger charge is 2.25. The number of hydrogen-bond acceptors (Lipinski definition) is 2. The van der Waals surface area contributed by atoms with E-state index in [9.17, 15) is 0 Å². The van der Waals surface area contributed by atoms with E-state index in [1.807, 2.05) is 7.05 Å². The predicted octanol–water partition coefficient (Wildman–Crippen LogP) is 3.80. The van der Waals surface area contributed by atoms with Crippen LogP contribution in [0.25, 0.3) is 0 Å². The molecule has 4 nitrogen and oxygen atoms in total. The molecule has 0 aliphatic carbocycles. The van der Waals surface area contributed by atoms with E-state index in [-0.39, 0.29) is 5.41 Å². The molecule has 0 aromatic heterocycles. The van der Waals surface area contributed by atoms with Crippen LogP contribution < -0.4 is 5.32 Å². The lowest BCUT2D eigenvalue weighted by molar-refractivity contribution is 0.0263. The van der Waals surface area contributed by atoms with Crippen LogP contribution in [0.2, 0.25) is 0 Å². The maximum absolute atomic E-state index is 5.74. The molecule has 1 aliphatic rings. The summed E-state index contributed by atoms with van der Waals surface area (Å²) in [5, 5.41) is 3.56. The molecule has 2 rings (SSSR count). The summed E-state index contributed by atoms with van der Waals surface area (Å²) in [6.45, 7) is 10.2. The minimum Gasteiger partial charge on any atom is -0.378 e. The first-order valence-electron chi connectivity index (χ1n) is 8.79. The van der Waals surface area contributed by atoms with Crippen molar-refractivity contribution < 1.29 is 4.74 Å². The average molecular weight is 396 g/mol. The number of halogens is 1. The Kier molecular flexibility index (Phi) is 7.11. The number of ether oxygens (including phenoxy) is 1. The molecule has 24 heavy (non-hydrogen) atoms. The monoisotopic (exact) mass is 395 g/mol. The summed E-state index contributed by atoms with van der Waals surface area (Å²) in [6, 6.07) is 8.53. The Morgan fingerprint density at radius 3 is 2.67 bits per heavy atom. The molecule has 0 bridgehead atoms. The highest BCUT2D eigenvalue weighted by atomic mass is 79.9. The molecule has 1 heterocycles. The Labute approximate surface area is 154 Å². The van der Waals surface area contributed by atoms with Crippen molar-refractivity contribution in [1.29, 1.82) is 0 Å². The topological polar surface area (TPSA) is 36.9 Å². The van der Waals surface area contributed by atoms with Gasteiger partial charge >= 0.3 is 0 Å². The van der Waals surface area contributed by atoms with Crippen LogP contribution in [0.15, 0.2) is 33.7 Å². The number of hydrogen-bond donors (Lipinski definition) is 1. The van der Waals surface area contributed by atoms with Gasteiger partial charge < -0.3 is 15.0 Å². The van der Waals surface area contributed by atoms with Crippen molar-refractivity contribution in [3.63, 3.8) is 0 Å². The minimum absolute atomic E-state index is 0.0311. The number of rotatable bonds is 5. The number of likely N-dealkylation sites (tertiary alicyclic amines) is 1. The largest absolute Gasteiger partial charge is 0.378 e. The molecule has 134 valence electrons. The van der Waals surface area contributed by atoms with Crippen molar-refractivity contribution in [3.8, 4) is 0 Å². The van der Waals surface area contributed by atoms with E-state index in [2.05, 4.69) is 76.2 Å². The van der Waals surface area contributed by atoms with Crippen LogP contribution >= 0.6 is 15.9 Å². The smallest absolute Gasteiger partial charge is 0.193 e. The summed E-state index contributed by atoms with van der Waals surface area (Å²) in [5.74, 6) is 0.994. The van der Waals surface area contributed by atoms with Gasteiger partial charge in [0, 0.05) is 43.2 Å². The highest BCUT2D eigenvalue weighted by Crippen LogP contribution is 2.25. The van der Waals surface area contributed by atoms with Crippen molar-refractivity contribution in [3.05, 3.63) is 34.3 Å². The second-order valence-corrected chi connectivity index (χ2v) is 7.85. The lowest BCUT2D eigenvalue weighted by Crippen LogP contribution is -2.49. The molecule has 0 radical (unpaired) electrons. The van der Waals surface area contributed by atoms with Crippen molar-refractivity contribution in [2.75, 3.05) is 33.3 Å². The van der Waals surface area contributed by atoms with E-state index >= 15 is 0 Å². The van der Waals surface area contributed by atoms with Crippen molar-refractivity contribution in [2.45, 2.75) is 45.1 Å². The molecule has 0 amide bonds. The van der Waals surface area contributed by atoms with E-state index in [0.29, 0.717) is 6.10 Å². The zero-order chi connectivity index (χ0) is 17.6. The Bertz CT molecular complexity index is 551. The highest BCUT2D eigenvalue weighted by molar-refractivity contribution is 9.10. The molecule has 1 aromatic rings. The Morgan fingerprint density at radius 2 is 2.08 bits per heavy atom. The number of aliphatic imine (C=N–C) groups is 1. The van der Waals surface area contributed by atoms with Crippen LogP contribution in [0.5, 0.6) is 0 Å². The van der Waals surface area contributed by atoms with Gasteiger partial charge in [-0.1, -0.05) is 41.9 Å². The fraction of sp³-hybridized carbons (Fsp3) is 0.632. The number of guanidine groups is 1. The first-order valence-corrected chi connectivity index (χ1v) is 9.59. The molecule has 0 atom stereocenters. The summed E-state index contributed by atoms with van der Waals surface area (Å²) < 4.78 is 6.86. The van der Waals surface area contributed by atoms with Crippen molar-refractivity contribution in [1.82, 2.24) is 10.2 Å². The maximum atomic E-state index is 5.74. The van der Waals surface area contributed by atoms with Crippen molar-refractivity contribution >= 4 is 21.9 Å². The summed E-state index contributed by atoms with van der Waals surface area (Å²) in [7, 11) is 1.86. The van der Waals surface area contributed by atoms with Gasteiger partial charge in [-0.3, -0.25) is 4.99 Å². The number of nitrogens with zero attached hydrogens (tertiary/aromatic N) is 2. The van der Waals surface area contributed by atoms with Gasteiger partial charge in [0.2, 0.25) is 0 Å². The fourth-order valence-corrected chi connectivity index (χ4v) is 3.51. The fourth-order valence-electron chi connectivity index (χ4n) is 3.11. The van der Waals surface area contributed by atoms with Gasteiger partial charge in [-0.2, -0.15) is 0 Å². The molecule has 1 aliphatic heterocycles. The Morgan fingerprint density at radius 1 is 1.38 bits per heavy atom. The summed E-state index contributed by atoms with van der Waals surface area (Å²) >= 11 is 3.56. The van der Waals surface area contributed by atoms with Crippen LogP contribution in [0.3, 0.4) is 0 Å². The molecule has 1 saturated heterocycles. The quantitative estimate of drug-likeness (QED) is 0.608. The molecule has 0 unspecified atom stereocenters. The predicted molar refractivity (Wildman–Crippen MR) is 105 cm³/mol. The van der Waals surface area contributed by atoms with E-state index in [4.69, 9.17) is 4.74 Å². The SMILES string of the molecule is CCOC1CCN(C(=NC)NCC(C)(C)c2cccc(Br)c2)CC1. The summed E-state index contributed by atoms with van der Waals surface area (Å²) in [6.07, 6.45) is 2.55. The molecule has 5 heteroatoms. The van der Waals surface area contributed by atoms with Crippen molar-refractivity contribution in [2.24, 2.45) is 4.99 Å². The second-order valence-electron chi connectivity index (χ2n) is 6.94. The van der Waals surface area contributed by atoms with Crippen LogP contribution in [0.1, 0.15) is 39.2 Å². The molecular formula is C19H30BrN3O. The van der Waals surface area contributed by atoms with Gasteiger partial charge in [-0.05, 0) is 37.5 Å². The molecule has 1 fully saturated rings. The van der Waals surface area contributed by atoms with E-state index in [1.54, 1.807) is 0 Å². The van der Waals surface area contributed by atoms with Gasteiger partial charge in [-0.25, -0.2) is 0 Å². The first kappa shape index (κ1) is 19.3. The van der Waals surface area contributed by atoms with Gasteiger partial charge in [0.1, 0.15) is 0 Å². The zero-order valence-corrected chi connectivity index (χ0v) is 16.9. The van der Waals surface area contributed by atoms with Crippen LogP contribution in [0, 0.1) is 0 Å². The third-order valence-corrected chi connectivity index (χ3v) is 5.14. The standard InChI is InChI=1S/C19H30BrN3O/c1-5-24-17-9-11-23(12-10-17)18(21-4)22-14-19(2,3)15-7-6-8-16(20)13-15/h6-8,13,17H,5,9-12,14H2,1-4H3,(H,21,22). The van der Waals surface area contributed by atoms with Gasteiger partial charge in [0.05, 0.1) is 6.10 Å². The van der Waals surface area contributed by atoms with Gasteiger partial charge in [-0.15, -0.1) is 0 Å². The Hall–Kier alpha value is -1.07. The number of nitrogens with one attached hydrogen (secondary N) is 1. The van der Waals surface area contributed by atoms with Crippen LogP contribution in [0.4, 0.5) is 0 Å². The zero-order valence-electron chi connectivity index (χ0n) is 15.3. The summed E-state index contributed by atoms with van der Waals surface area (Å²) in [5.41, 5.74) is 1.35. The van der Waals surface area contributed by atoms with Crippen LogP contribution in [-0.4, -0.2) is 50.3 Å². The first-order chi connectivity index (χ1) is 11.5. The molecule has 1 aromatic carbocycles. The third-order valence-electron chi connectivity index (χ3n) is 4.65. The average Bonchev–Trinajstić information content (AvgIpc) is 2.57.